The van der Waals surface area contributed by atoms with Gasteiger partial charge in [-0.25, -0.2) is 4.79 Å². The van der Waals surface area contributed by atoms with E-state index in [-0.39, 0.29) is 0 Å². The summed E-state index contributed by atoms with van der Waals surface area (Å²) in [7, 11) is 1.64. The van der Waals surface area contributed by atoms with Gasteiger partial charge in [0.05, 0.1) is 7.11 Å². The van der Waals surface area contributed by atoms with Crippen molar-refractivity contribution in [3.63, 3.8) is 0 Å². The maximum atomic E-state index is 10.5. The Bertz CT molecular complexity index is 470. The van der Waals surface area contributed by atoms with Gasteiger partial charge in [-0.1, -0.05) is 44.1 Å². The van der Waals surface area contributed by atoms with Crippen LogP contribution >= 0.6 is 0 Å². The van der Waals surface area contributed by atoms with Crippen molar-refractivity contribution in [2.24, 2.45) is 0 Å². The average Bonchev–Trinajstić information content (AvgIpc) is 2.46. The Morgan fingerprint density at radius 2 is 1.95 bits per heavy atom. The first-order valence-electron chi connectivity index (χ1n) is 6.92. The number of rotatable bonds is 8. The Labute approximate surface area is 120 Å². The molecule has 3 heteroatoms. The van der Waals surface area contributed by atoms with Crippen LogP contribution in [0.15, 0.2) is 42.5 Å². The number of allylic oxidation sites excluding steroid dienone is 3. The van der Waals surface area contributed by atoms with E-state index < -0.39 is 5.97 Å². The fraction of sp³-hybridized carbons (Fsp3) is 0.353. The Hall–Kier alpha value is -2.03. The van der Waals surface area contributed by atoms with E-state index in [1.807, 2.05) is 30.3 Å². The fourth-order valence-electron chi connectivity index (χ4n) is 1.94. The molecule has 0 bridgehead atoms. The van der Waals surface area contributed by atoms with Crippen LogP contribution in [0.5, 0.6) is 5.75 Å². The second kappa shape index (κ2) is 8.97. The minimum Gasteiger partial charge on any atom is -0.497 e. The van der Waals surface area contributed by atoms with E-state index in [4.69, 9.17) is 9.84 Å². The lowest BCUT2D eigenvalue weighted by Gasteiger charge is -2.08. The van der Waals surface area contributed by atoms with E-state index in [0.717, 1.165) is 35.8 Å². The molecular weight excluding hydrogens is 252 g/mol. The molecule has 3 nitrogen and oxygen atoms in total. The highest BCUT2D eigenvalue weighted by atomic mass is 16.5. The Morgan fingerprint density at radius 1 is 1.25 bits per heavy atom. The van der Waals surface area contributed by atoms with Crippen LogP contribution in [-0.2, 0) is 4.79 Å². The first-order chi connectivity index (χ1) is 9.67. The first-order valence-corrected chi connectivity index (χ1v) is 6.92. The van der Waals surface area contributed by atoms with Gasteiger partial charge in [-0.2, -0.15) is 0 Å². The summed E-state index contributed by atoms with van der Waals surface area (Å²) >= 11 is 0. The number of hydrogen-bond acceptors (Lipinski definition) is 2. The van der Waals surface area contributed by atoms with Gasteiger partial charge >= 0.3 is 5.97 Å². The SMILES string of the molecule is CCCCC/C(=C/C=C/C(=O)O)c1ccc(OC)cc1. The number of aliphatic carboxylic acids is 1. The van der Waals surface area contributed by atoms with Gasteiger partial charge in [0, 0.05) is 6.08 Å². The molecule has 1 aromatic rings. The smallest absolute Gasteiger partial charge is 0.328 e. The summed E-state index contributed by atoms with van der Waals surface area (Å²) in [5.41, 5.74) is 2.26. The predicted octanol–water partition coefficient (Wildman–Crippen LogP) is 4.30. The lowest BCUT2D eigenvalue weighted by atomic mass is 9.99. The van der Waals surface area contributed by atoms with Crippen LogP contribution in [0.3, 0.4) is 0 Å². The molecule has 0 radical (unpaired) electrons. The molecule has 1 rings (SSSR count). The normalized spacial score (nSPS) is 11.8. The van der Waals surface area contributed by atoms with Crippen LogP contribution in [0.4, 0.5) is 0 Å². The van der Waals surface area contributed by atoms with Crippen LogP contribution in [-0.4, -0.2) is 18.2 Å². The van der Waals surface area contributed by atoms with Gasteiger partial charge in [0.25, 0.3) is 0 Å². The molecule has 20 heavy (non-hydrogen) atoms. The summed E-state index contributed by atoms with van der Waals surface area (Å²) in [6, 6.07) is 7.85. The third-order valence-corrected chi connectivity index (χ3v) is 3.05. The van der Waals surface area contributed by atoms with E-state index in [2.05, 4.69) is 6.92 Å². The maximum Gasteiger partial charge on any atom is 0.328 e. The standard InChI is InChI=1S/C17H22O3/c1-3-4-5-7-14(8-6-9-17(18)19)15-10-12-16(20-2)13-11-15/h6,8-13H,3-5,7H2,1-2H3,(H,18,19)/b9-6+,14-8-. The number of benzene rings is 1. The third kappa shape index (κ3) is 5.74. The highest BCUT2D eigenvalue weighted by Gasteiger charge is 2.01. The molecule has 0 aliphatic carbocycles. The van der Waals surface area contributed by atoms with Crippen LogP contribution < -0.4 is 4.74 Å². The molecule has 1 N–H and O–H groups in total. The van der Waals surface area contributed by atoms with Crippen LogP contribution in [0.2, 0.25) is 0 Å². The molecule has 0 unspecified atom stereocenters. The number of carboxylic acids is 1. The molecule has 0 saturated carbocycles. The van der Waals surface area contributed by atoms with Crippen molar-refractivity contribution in [1.82, 2.24) is 0 Å². The molecule has 0 saturated heterocycles. The van der Waals surface area contributed by atoms with Crippen molar-refractivity contribution in [3.8, 4) is 5.75 Å². The van der Waals surface area contributed by atoms with Gasteiger partial charge < -0.3 is 9.84 Å². The number of methoxy groups -OCH3 is 1. The van der Waals surface area contributed by atoms with E-state index in [1.54, 1.807) is 13.2 Å². The molecule has 0 aromatic heterocycles. The van der Waals surface area contributed by atoms with E-state index in [0.29, 0.717) is 0 Å². The van der Waals surface area contributed by atoms with Crippen LogP contribution in [0.1, 0.15) is 38.2 Å². The summed E-state index contributed by atoms with van der Waals surface area (Å²) in [5.74, 6) is -0.105. The molecule has 1 aromatic carbocycles. The van der Waals surface area contributed by atoms with Gasteiger partial charge in [0.2, 0.25) is 0 Å². The molecule has 0 heterocycles. The summed E-state index contributed by atoms with van der Waals surface area (Å²) in [6.07, 6.45) is 9.03. The van der Waals surface area contributed by atoms with Gasteiger partial charge in [-0.05, 0) is 36.1 Å². The zero-order chi connectivity index (χ0) is 14.8. The number of unbranched alkanes of at least 4 members (excludes halogenated alkanes) is 2. The van der Waals surface area contributed by atoms with Crippen molar-refractivity contribution in [2.75, 3.05) is 7.11 Å². The number of ether oxygens (including phenoxy) is 1. The maximum absolute atomic E-state index is 10.5. The van der Waals surface area contributed by atoms with Crippen molar-refractivity contribution >= 4 is 11.5 Å². The van der Waals surface area contributed by atoms with Crippen molar-refractivity contribution < 1.29 is 14.6 Å². The molecule has 0 aliphatic rings. The molecule has 0 spiro atoms. The molecule has 0 atom stereocenters. The van der Waals surface area contributed by atoms with Crippen molar-refractivity contribution in [3.05, 3.63) is 48.1 Å². The topological polar surface area (TPSA) is 46.5 Å². The van der Waals surface area contributed by atoms with E-state index in [1.165, 1.54) is 12.8 Å². The summed E-state index contributed by atoms with van der Waals surface area (Å²) < 4.78 is 5.15. The summed E-state index contributed by atoms with van der Waals surface area (Å²) in [6.45, 7) is 2.17. The van der Waals surface area contributed by atoms with E-state index >= 15 is 0 Å². The van der Waals surface area contributed by atoms with Gasteiger partial charge in [-0.15, -0.1) is 0 Å². The summed E-state index contributed by atoms with van der Waals surface area (Å²) in [4.78, 5) is 10.5. The Kier molecular flexibility index (Phi) is 7.18. The molecular formula is C17H22O3. The highest BCUT2D eigenvalue weighted by Crippen LogP contribution is 2.23. The second-order valence-corrected chi connectivity index (χ2v) is 4.57. The quantitative estimate of drug-likeness (QED) is 0.437. The molecule has 0 fully saturated rings. The van der Waals surface area contributed by atoms with Gasteiger partial charge in [-0.3, -0.25) is 0 Å². The summed E-state index contributed by atoms with van der Waals surface area (Å²) in [5, 5.41) is 8.65. The largest absolute Gasteiger partial charge is 0.497 e. The number of carboxylic acid groups (broad SMARTS) is 1. The Balaban J connectivity index is 2.86. The lowest BCUT2D eigenvalue weighted by molar-refractivity contribution is -0.131. The fourth-order valence-corrected chi connectivity index (χ4v) is 1.94. The zero-order valence-corrected chi connectivity index (χ0v) is 12.1. The monoisotopic (exact) mass is 274 g/mol. The first kappa shape index (κ1) is 16.0. The molecule has 108 valence electrons. The van der Waals surface area contributed by atoms with Crippen molar-refractivity contribution in [1.29, 1.82) is 0 Å². The van der Waals surface area contributed by atoms with Crippen LogP contribution in [0.25, 0.3) is 5.57 Å². The minimum atomic E-state index is -0.927. The number of hydrogen-bond donors (Lipinski definition) is 1. The van der Waals surface area contributed by atoms with Gasteiger partial charge in [0.15, 0.2) is 0 Å². The van der Waals surface area contributed by atoms with Crippen LogP contribution in [0, 0.1) is 0 Å². The van der Waals surface area contributed by atoms with Gasteiger partial charge in [0.1, 0.15) is 5.75 Å². The predicted molar refractivity (Wildman–Crippen MR) is 81.9 cm³/mol. The Morgan fingerprint density at radius 3 is 2.50 bits per heavy atom. The minimum absolute atomic E-state index is 0.822. The zero-order valence-electron chi connectivity index (χ0n) is 12.1. The highest BCUT2D eigenvalue weighted by molar-refractivity contribution is 5.81. The third-order valence-electron chi connectivity index (χ3n) is 3.05. The molecule has 0 amide bonds. The van der Waals surface area contributed by atoms with E-state index in [9.17, 15) is 4.79 Å². The lowest BCUT2D eigenvalue weighted by Crippen LogP contribution is -1.88. The molecule has 0 aliphatic heterocycles. The second-order valence-electron chi connectivity index (χ2n) is 4.57. The average molecular weight is 274 g/mol. The number of carbonyl (C=O) groups is 1. The van der Waals surface area contributed by atoms with Crippen molar-refractivity contribution in [2.45, 2.75) is 32.6 Å².